The topological polar surface area (TPSA) is 88.9 Å². The van der Waals surface area contributed by atoms with Gasteiger partial charge in [-0.25, -0.2) is 9.48 Å². The molecule has 9 heteroatoms. The fourth-order valence-electron chi connectivity index (χ4n) is 3.73. The molecule has 0 unspecified atom stereocenters. The molecule has 4 aromatic rings. The number of ether oxygens (including phenoxy) is 1. The van der Waals surface area contributed by atoms with Gasteiger partial charge in [0.15, 0.2) is 11.2 Å². The van der Waals surface area contributed by atoms with Gasteiger partial charge in [-0.15, -0.1) is 0 Å². The predicted molar refractivity (Wildman–Crippen MR) is 118 cm³/mol. The molecule has 1 aromatic carbocycles. The number of methoxy groups -OCH3 is 1. The first-order valence-electron chi connectivity index (χ1n) is 10.1. The standard InChI is InChI=1S/C22H26N6O3/c1-14-15(2)24-28(16(14)3)21-23-19-18(27(21)13-17-9-7-6-8-10-17)20(29)26(11-12-31-5)22(30)25(19)4/h6-10H,11-13H2,1-5H3. The number of hydrogen-bond donors (Lipinski definition) is 0. The van der Waals surface area contributed by atoms with Gasteiger partial charge >= 0.3 is 5.69 Å². The number of aryl methyl sites for hydroxylation is 2. The van der Waals surface area contributed by atoms with E-state index in [-0.39, 0.29) is 18.7 Å². The fraction of sp³-hybridized carbons (Fsp3) is 0.364. The van der Waals surface area contributed by atoms with Crippen molar-refractivity contribution in [1.29, 1.82) is 0 Å². The Labute approximate surface area is 179 Å². The van der Waals surface area contributed by atoms with Gasteiger partial charge in [0.25, 0.3) is 5.56 Å². The van der Waals surface area contributed by atoms with Crippen molar-refractivity contribution in [3.63, 3.8) is 0 Å². The van der Waals surface area contributed by atoms with Crippen molar-refractivity contribution < 1.29 is 4.74 Å². The lowest BCUT2D eigenvalue weighted by Gasteiger charge is -2.11. The normalized spacial score (nSPS) is 11.5. The van der Waals surface area contributed by atoms with Crippen LogP contribution in [-0.2, 0) is 24.9 Å². The maximum absolute atomic E-state index is 13.4. The molecule has 0 amide bonds. The van der Waals surface area contributed by atoms with Crippen LogP contribution in [0.2, 0.25) is 0 Å². The Morgan fingerprint density at radius 1 is 1.03 bits per heavy atom. The van der Waals surface area contributed by atoms with Gasteiger partial charge in [-0.3, -0.25) is 18.5 Å². The number of fused-ring (bicyclic) bond motifs is 1. The van der Waals surface area contributed by atoms with E-state index in [4.69, 9.17) is 9.72 Å². The van der Waals surface area contributed by atoms with Crippen molar-refractivity contribution >= 4 is 11.2 Å². The second kappa shape index (κ2) is 7.99. The van der Waals surface area contributed by atoms with E-state index in [9.17, 15) is 9.59 Å². The Hall–Kier alpha value is -3.46. The van der Waals surface area contributed by atoms with Crippen LogP contribution in [0, 0.1) is 20.8 Å². The van der Waals surface area contributed by atoms with Crippen LogP contribution in [0.1, 0.15) is 22.5 Å². The second-order valence-corrected chi connectivity index (χ2v) is 7.65. The molecule has 0 aliphatic rings. The summed E-state index contributed by atoms with van der Waals surface area (Å²) < 4.78 is 11.3. The van der Waals surface area contributed by atoms with Crippen LogP contribution in [0.4, 0.5) is 0 Å². The van der Waals surface area contributed by atoms with Gasteiger partial charge in [-0.1, -0.05) is 30.3 Å². The highest BCUT2D eigenvalue weighted by Crippen LogP contribution is 2.21. The largest absolute Gasteiger partial charge is 0.383 e. The van der Waals surface area contributed by atoms with Crippen molar-refractivity contribution in [3.05, 3.63) is 73.7 Å². The molecule has 162 valence electrons. The highest BCUT2D eigenvalue weighted by atomic mass is 16.5. The number of aromatic nitrogens is 6. The number of nitrogens with zero attached hydrogens (tertiary/aromatic N) is 6. The molecule has 0 aliphatic heterocycles. The predicted octanol–water partition coefficient (Wildman–Crippen LogP) is 1.70. The minimum Gasteiger partial charge on any atom is -0.383 e. The van der Waals surface area contributed by atoms with Crippen molar-refractivity contribution in [2.24, 2.45) is 7.05 Å². The van der Waals surface area contributed by atoms with Gasteiger partial charge < -0.3 is 4.74 Å². The number of benzene rings is 1. The molecule has 0 aliphatic carbocycles. The van der Waals surface area contributed by atoms with Crippen LogP contribution in [0.3, 0.4) is 0 Å². The van der Waals surface area contributed by atoms with Gasteiger partial charge in [0.05, 0.1) is 25.4 Å². The lowest BCUT2D eigenvalue weighted by atomic mass is 10.2. The van der Waals surface area contributed by atoms with E-state index in [0.29, 0.717) is 23.7 Å². The summed E-state index contributed by atoms with van der Waals surface area (Å²) in [4.78, 5) is 31.0. The minimum atomic E-state index is -0.421. The van der Waals surface area contributed by atoms with Crippen molar-refractivity contribution in [2.45, 2.75) is 33.9 Å². The van der Waals surface area contributed by atoms with E-state index in [0.717, 1.165) is 22.5 Å². The number of imidazole rings is 1. The van der Waals surface area contributed by atoms with Crippen molar-refractivity contribution in [1.82, 2.24) is 28.5 Å². The highest BCUT2D eigenvalue weighted by Gasteiger charge is 2.23. The van der Waals surface area contributed by atoms with Crippen LogP contribution in [0.25, 0.3) is 17.1 Å². The average Bonchev–Trinajstić information content (AvgIpc) is 3.25. The Morgan fingerprint density at radius 2 is 1.74 bits per heavy atom. The third-order valence-electron chi connectivity index (χ3n) is 5.76. The summed E-state index contributed by atoms with van der Waals surface area (Å²) in [7, 11) is 3.17. The third-order valence-corrected chi connectivity index (χ3v) is 5.76. The van der Waals surface area contributed by atoms with Crippen LogP contribution >= 0.6 is 0 Å². The molecule has 3 heterocycles. The zero-order valence-electron chi connectivity index (χ0n) is 18.4. The van der Waals surface area contributed by atoms with Gasteiger partial charge in [0.2, 0.25) is 5.95 Å². The molecule has 0 radical (unpaired) electrons. The zero-order valence-corrected chi connectivity index (χ0v) is 18.4. The lowest BCUT2D eigenvalue weighted by Crippen LogP contribution is -2.40. The Morgan fingerprint density at radius 3 is 2.35 bits per heavy atom. The van der Waals surface area contributed by atoms with Gasteiger partial charge in [-0.2, -0.15) is 10.1 Å². The maximum atomic E-state index is 13.4. The smallest absolute Gasteiger partial charge is 0.332 e. The Kier molecular flexibility index (Phi) is 5.36. The molecule has 0 fully saturated rings. The summed E-state index contributed by atoms with van der Waals surface area (Å²) in [6.07, 6.45) is 0. The zero-order chi connectivity index (χ0) is 22.3. The first-order valence-corrected chi connectivity index (χ1v) is 10.1. The van der Waals surface area contributed by atoms with Crippen LogP contribution < -0.4 is 11.2 Å². The quantitative estimate of drug-likeness (QED) is 0.472. The van der Waals surface area contributed by atoms with Crippen LogP contribution in [0.5, 0.6) is 0 Å². The summed E-state index contributed by atoms with van der Waals surface area (Å²) >= 11 is 0. The molecule has 0 N–H and O–H groups in total. The van der Waals surface area contributed by atoms with Gasteiger partial charge in [0.1, 0.15) is 0 Å². The lowest BCUT2D eigenvalue weighted by molar-refractivity contribution is 0.184. The van der Waals surface area contributed by atoms with Crippen LogP contribution in [0.15, 0.2) is 39.9 Å². The minimum absolute atomic E-state index is 0.169. The third kappa shape index (κ3) is 3.40. The first-order chi connectivity index (χ1) is 14.8. The molecule has 31 heavy (non-hydrogen) atoms. The Bertz CT molecular complexity index is 1370. The molecule has 0 atom stereocenters. The van der Waals surface area contributed by atoms with Gasteiger partial charge in [0, 0.05) is 19.9 Å². The SMILES string of the molecule is COCCn1c(=O)c2c(nc(-n3nc(C)c(C)c3C)n2Cc2ccccc2)n(C)c1=O. The summed E-state index contributed by atoms with van der Waals surface area (Å²) in [6.45, 7) is 6.77. The highest BCUT2D eigenvalue weighted by molar-refractivity contribution is 5.73. The van der Waals surface area contributed by atoms with E-state index in [1.54, 1.807) is 11.7 Å². The molecule has 0 spiro atoms. The molecule has 4 rings (SSSR count). The number of hydrogen-bond acceptors (Lipinski definition) is 5. The van der Waals surface area contributed by atoms with Gasteiger partial charge in [-0.05, 0) is 31.9 Å². The number of rotatable bonds is 6. The summed E-state index contributed by atoms with van der Waals surface area (Å²) in [5.41, 5.74) is 3.79. The van der Waals surface area contributed by atoms with Crippen LogP contribution in [-0.4, -0.2) is 42.2 Å². The van der Waals surface area contributed by atoms with Crippen molar-refractivity contribution in [3.8, 4) is 5.95 Å². The molecule has 3 aromatic heterocycles. The maximum Gasteiger partial charge on any atom is 0.332 e. The van der Waals surface area contributed by atoms with E-state index in [1.165, 1.54) is 16.2 Å². The Balaban J connectivity index is 2.07. The fourth-order valence-corrected chi connectivity index (χ4v) is 3.73. The summed E-state index contributed by atoms with van der Waals surface area (Å²) in [6, 6.07) is 9.84. The molecular weight excluding hydrogens is 396 g/mol. The van der Waals surface area contributed by atoms with Crippen molar-refractivity contribution in [2.75, 3.05) is 13.7 Å². The monoisotopic (exact) mass is 422 g/mol. The molecular formula is C22H26N6O3. The van der Waals surface area contributed by atoms with E-state index in [1.807, 2.05) is 55.7 Å². The second-order valence-electron chi connectivity index (χ2n) is 7.65. The first kappa shape index (κ1) is 20.8. The molecule has 0 saturated heterocycles. The summed E-state index contributed by atoms with van der Waals surface area (Å²) in [5, 5.41) is 4.65. The molecule has 0 saturated carbocycles. The van der Waals surface area contributed by atoms with E-state index >= 15 is 0 Å². The molecule has 0 bridgehead atoms. The van der Waals surface area contributed by atoms with E-state index < -0.39 is 5.69 Å². The summed E-state index contributed by atoms with van der Waals surface area (Å²) in [5.74, 6) is 0.504. The van der Waals surface area contributed by atoms with E-state index in [2.05, 4.69) is 5.10 Å². The molecule has 9 nitrogen and oxygen atoms in total. The average molecular weight is 422 g/mol.